The van der Waals surface area contributed by atoms with Crippen LogP contribution in [0.4, 0.5) is 18.9 Å². The van der Waals surface area contributed by atoms with Crippen molar-refractivity contribution in [1.29, 1.82) is 0 Å². The van der Waals surface area contributed by atoms with Crippen molar-refractivity contribution in [3.8, 4) is 0 Å². The molecule has 0 saturated carbocycles. The van der Waals surface area contributed by atoms with Crippen molar-refractivity contribution in [1.82, 2.24) is 0 Å². The number of allylic oxidation sites excluding steroid dienone is 2. The molecule has 1 unspecified atom stereocenters. The SMILES string of the molecule is NC1C=CC=CN1c1ccc(C(F)(F)F)cc1. The van der Waals surface area contributed by atoms with Crippen LogP contribution in [0.3, 0.4) is 0 Å². The highest BCUT2D eigenvalue weighted by Gasteiger charge is 2.30. The number of anilines is 1. The van der Waals surface area contributed by atoms with Gasteiger partial charge in [-0.15, -0.1) is 0 Å². The third kappa shape index (κ3) is 2.50. The number of hydrogen-bond donors (Lipinski definition) is 1. The van der Waals surface area contributed by atoms with Crippen LogP contribution in [0, 0.1) is 0 Å². The maximum Gasteiger partial charge on any atom is 0.416 e. The summed E-state index contributed by atoms with van der Waals surface area (Å²) in [6.07, 6.45) is 2.41. The fourth-order valence-corrected chi connectivity index (χ4v) is 1.59. The molecule has 2 rings (SSSR count). The zero-order valence-electron chi connectivity index (χ0n) is 8.85. The Morgan fingerprint density at radius 2 is 1.71 bits per heavy atom. The van der Waals surface area contributed by atoms with Gasteiger partial charge in [0, 0.05) is 11.9 Å². The van der Waals surface area contributed by atoms with Gasteiger partial charge in [0.15, 0.2) is 0 Å². The van der Waals surface area contributed by atoms with Gasteiger partial charge in [-0.2, -0.15) is 13.2 Å². The summed E-state index contributed by atoms with van der Waals surface area (Å²) < 4.78 is 37.1. The van der Waals surface area contributed by atoms with E-state index >= 15 is 0 Å². The Morgan fingerprint density at radius 1 is 1.06 bits per heavy atom. The van der Waals surface area contributed by atoms with Gasteiger partial charge in [-0.1, -0.05) is 6.08 Å². The molecule has 5 heteroatoms. The largest absolute Gasteiger partial charge is 0.416 e. The summed E-state index contributed by atoms with van der Waals surface area (Å²) in [6.45, 7) is 0. The molecule has 1 aromatic rings. The van der Waals surface area contributed by atoms with Crippen LogP contribution in [0.25, 0.3) is 0 Å². The molecule has 2 N–H and O–H groups in total. The van der Waals surface area contributed by atoms with Crippen LogP contribution in [-0.4, -0.2) is 6.17 Å². The number of nitrogens with two attached hydrogens (primary N) is 1. The first kappa shape index (κ1) is 11.7. The molecule has 1 aliphatic heterocycles. The molecule has 0 aliphatic carbocycles. The lowest BCUT2D eigenvalue weighted by Gasteiger charge is -2.27. The van der Waals surface area contributed by atoms with Crippen molar-refractivity contribution in [2.45, 2.75) is 12.3 Å². The van der Waals surface area contributed by atoms with E-state index in [2.05, 4.69) is 0 Å². The minimum absolute atomic E-state index is 0.350. The average Bonchev–Trinajstić information content (AvgIpc) is 2.29. The summed E-state index contributed by atoms with van der Waals surface area (Å²) in [5.74, 6) is 0. The van der Waals surface area contributed by atoms with E-state index in [4.69, 9.17) is 5.73 Å². The molecule has 0 amide bonds. The van der Waals surface area contributed by atoms with E-state index in [1.807, 2.05) is 0 Å². The molecule has 0 aromatic heterocycles. The zero-order chi connectivity index (χ0) is 12.5. The molecule has 0 radical (unpaired) electrons. The number of hydrogen-bond acceptors (Lipinski definition) is 2. The van der Waals surface area contributed by atoms with Crippen molar-refractivity contribution < 1.29 is 13.2 Å². The standard InChI is InChI=1S/C12H11F3N2/c13-12(14,15)9-4-6-10(7-5-9)17-8-2-1-3-11(17)16/h1-8,11H,16H2. The maximum atomic E-state index is 12.4. The van der Waals surface area contributed by atoms with Crippen LogP contribution < -0.4 is 10.6 Å². The predicted molar refractivity (Wildman–Crippen MR) is 60.2 cm³/mol. The van der Waals surface area contributed by atoms with Crippen LogP contribution in [0.2, 0.25) is 0 Å². The molecule has 2 nitrogen and oxygen atoms in total. The number of alkyl halides is 3. The van der Waals surface area contributed by atoms with Crippen LogP contribution in [0.1, 0.15) is 5.56 Å². The van der Waals surface area contributed by atoms with Gasteiger partial charge in [0.1, 0.15) is 6.17 Å². The van der Waals surface area contributed by atoms with E-state index in [-0.39, 0.29) is 6.17 Å². The lowest BCUT2D eigenvalue weighted by Crippen LogP contribution is -2.37. The second kappa shape index (κ2) is 4.25. The summed E-state index contributed by atoms with van der Waals surface area (Å²) in [6, 6.07) is 4.92. The molecule has 0 saturated heterocycles. The number of halogens is 3. The normalized spacial score (nSPS) is 19.8. The predicted octanol–water partition coefficient (Wildman–Crippen LogP) is 2.88. The highest BCUT2D eigenvalue weighted by molar-refractivity contribution is 5.53. The van der Waals surface area contributed by atoms with E-state index < -0.39 is 11.7 Å². The minimum Gasteiger partial charge on any atom is -0.329 e. The summed E-state index contributed by atoms with van der Waals surface area (Å²) in [5.41, 5.74) is 5.77. The van der Waals surface area contributed by atoms with Crippen molar-refractivity contribution in [2.75, 3.05) is 4.90 Å². The molecule has 17 heavy (non-hydrogen) atoms. The molecule has 0 fully saturated rings. The highest BCUT2D eigenvalue weighted by atomic mass is 19.4. The molecule has 1 aromatic carbocycles. The van der Waals surface area contributed by atoms with Gasteiger partial charge in [-0.05, 0) is 36.4 Å². The van der Waals surface area contributed by atoms with Gasteiger partial charge >= 0.3 is 6.18 Å². The Labute approximate surface area is 96.8 Å². The van der Waals surface area contributed by atoms with Gasteiger partial charge in [0.25, 0.3) is 0 Å². The second-order valence-electron chi connectivity index (χ2n) is 3.67. The molecule has 0 spiro atoms. The second-order valence-corrected chi connectivity index (χ2v) is 3.67. The Hall–Kier alpha value is -1.75. The van der Waals surface area contributed by atoms with Crippen LogP contribution >= 0.6 is 0 Å². The molecule has 1 heterocycles. The Bertz CT molecular complexity index is 446. The van der Waals surface area contributed by atoms with Gasteiger partial charge in [0.2, 0.25) is 0 Å². The van der Waals surface area contributed by atoms with E-state index in [9.17, 15) is 13.2 Å². The van der Waals surface area contributed by atoms with Gasteiger partial charge < -0.3 is 10.6 Å². The Morgan fingerprint density at radius 3 is 2.24 bits per heavy atom. The van der Waals surface area contributed by atoms with E-state index in [1.54, 1.807) is 29.3 Å². The average molecular weight is 240 g/mol. The lowest BCUT2D eigenvalue weighted by molar-refractivity contribution is -0.137. The van der Waals surface area contributed by atoms with Crippen molar-refractivity contribution in [3.05, 3.63) is 54.3 Å². The fourth-order valence-electron chi connectivity index (χ4n) is 1.59. The maximum absolute atomic E-state index is 12.4. The smallest absolute Gasteiger partial charge is 0.329 e. The van der Waals surface area contributed by atoms with Crippen molar-refractivity contribution >= 4 is 5.69 Å². The van der Waals surface area contributed by atoms with Crippen LogP contribution in [0.5, 0.6) is 0 Å². The first-order chi connectivity index (χ1) is 7.98. The Balaban J connectivity index is 2.24. The van der Waals surface area contributed by atoms with Gasteiger partial charge in [-0.25, -0.2) is 0 Å². The Kier molecular flexibility index (Phi) is 2.93. The molecular weight excluding hydrogens is 229 g/mol. The highest BCUT2D eigenvalue weighted by Crippen LogP contribution is 2.31. The number of nitrogens with zero attached hydrogens (tertiary/aromatic N) is 1. The summed E-state index contributed by atoms with van der Waals surface area (Å²) >= 11 is 0. The van der Waals surface area contributed by atoms with E-state index in [1.165, 1.54) is 12.1 Å². The molecule has 90 valence electrons. The topological polar surface area (TPSA) is 29.3 Å². The minimum atomic E-state index is -4.31. The summed E-state index contributed by atoms with van der Waals surface area (Å²) in [5, 5.41) is 0. The monoisotopic (exact) mass is 240 g/mol. The molecule has 0 bridgehead atoms. The summed E-state index contributed by atoms with van der Waals surface area (Å²) in [7, 11) is 0. The van der Waals surface area contributed by atoms with Crippen LogP contribution in [0.15, 0.2) is 48.7 Å². The quantitative estimate of drug-likeness (QED) is 0.817. The van der Waals surface area contributed by atoms with E-state index in [0.29, 0.717) is 5.69 Å². The van der Waals surface area contributed by atoms with E-state index in [0.717, 1.165) is 12.1 Å². The molecule has 1 atom stereocenters. The first-order valence-electron chi connectivity index (χ1n) is 5.04. The van der Waals surface area contributed by atoms with Gasteiger partial charge in [-0.3, -0.25) is 0 Å². The first-order valence-corrected chi connectivity index (χ1v) is 5.04. The third-order valence-corrected chi connectivity index (χ3v) is 2.48. The van der Waals surface area contributed by atoms with Crippen molar-refractivity contribution in [3.63, 3.8) is 0 Å². The van der Waals surface area contributed by atoms with Gasteiger partial charge in [0.05, 0.1) is 5.56 Å². The summed E-state index contributed by atoms with van der Waals surface area (Å²) in [4.78, 5) is 1.69. The lowest BCUT2D eigenvalue weighted by atomic mass is 10.1. The molecular formula is C12H11F3N2. The number of rotatable bonds is 1. The number of benzene rings is 1. The third-order valence-electron chi connectivity index (χ3n) is 2.48. The zero-order valence-corrected chi connectivity index (χ0v) is 8.85. The van der Waals surface area contributed by atoms with Crippen molar-refractivity contribution in [2.24, 2.45) is 5.73 Å². The van der Waals surface area contributed by atoms with Crippen LogP contribution in [-0.2, 0) is 6.18 Å². The fraction of sp³-hybridized carbons (Fsp3) is 0.167. The molecule has 1 aliphatic rings.